The predicted octanol–water partition coefficient (Wildman–Crippen LogP) is 6.41. The third kappa shape index (κ3) is 2.72. The number of rotatable bonds is 5. The Labute approximate surface area is 175 Å². The minimum Gasteiger partial charge on any atom is -0.325 e. The average molecular weight is 389 g/mol. The van der Waals surface area contributed by atoms with Crippen LogP contribution in [0.25, 0.3) is 0 Å². The molecule has 6 unspecified atom stereocenters. The van der Waals surface area contributed by atoms with Crippen molar-refractivity contribution in [1.29, 1.82) is 0 Å². The second kappa shape index (κ2) is 7.26. The number of fused-ring (bicyclic) bond motifs is 5. The largest absolute Gasteiger partial charge is 0.325 e. The monoisotopic (exact) mass is 388 g/mol. The van der Waals surface area contributed by atoms with Crippen LogP contribution in [0.4, 0.5) is 0 Å². The Morgan fingerprint density at radius 3 is 2.29 bits per heavy atom. The summed E-state index contributed by atoms with van der Waals surface area (Å²) in [7, 11) is 0. The fourth-order valence-corrected chi connectivity index (χ4v) is 9.57. The van der Waals surface area contributed by atoms with Crippen LogP contribution in [0.1, 0.15) is 118 Å². The lowest BCUT2D eigenvalue weighted by Crippen LogP contribution is -2.77. The van der Waals surface area contributed by atoms with Crippen LogP contribution in [0.3, 0.4) is 0 Å². The van der Waals surface area contributed by atoms with Crippen LogP contribution in [0.15, 0.2) is 0 Å². The lowest BCUT2D eigenvalue weighted by Gasteiger charge is -2.70. The zero-order valence-corrected chi connectivity index (χ0v) is 19.4. The number of hydrogen-bond acceptors (Lipinski definition) is 2. The number of unbranched alkanes of at least 4 members (excludes halogenated alkanes) is 2. The molecule has 0 aromatic heterocycles. The van der Waals surface area contributed by atoms with Gasteiger partial charge in [-0.05, 0) is 85.9 Å². The van der Waals surface area contributed by atoms with Gasteiger partial charge in [0.15, 0.2) is 0 Å². The van der Waals surface area contributed by atoms with Crippen LogP contribution in [0.2, 0.25) is 0 Å². The molecule has 28 heavy (non-hydrogen) atoms. The van der Waals surface area contributed by atoms with Crippen molar-refractivity contribution in [2.45, 2.75) is 129 Å². The highest BCUT2D eigenvalue weighted by atomic mass is 14.9. The smallest absolute Gasteiger partial charge is 0.0241 e. The van der Waals surface area contributed by atoms with Crippen LogP contribution >= 0.6 is 0 Å². The summed E-state index contributed by atoms with van der Waals surface area (Å²) < 4.78 is 0. The van der Waals surface area contributed by atoms with Crippen molar-refractivity contribution in [2.24, 2.45) is 46.0 Å². The van der Waals surface area contributed by atoms with Gasteiger partial charge in [0.2, 0.25) is 0 Å². The van der Waals surface area contributed by atoms with Crippen LogP contribution in [-0.4, -0.2) is 11.1 Å². The first-order valence-electron chi connectivity index (χ1n) is 12.8. The normalized spacial score (nSPS) is 53.4. The summed E-state index contributed by atoms with van der Waals surface area (Å²) in [5.41, 5.74) is 15.7. The first-order valence-corrected chi connectivity index (χ1v) is 12.8. The summed E-state index contributed by atoms with van der Waals surface area (Å²) >= 11 is 0. The third-order valence-electron chi connectivity index (χ3n) is 11.1. The van der Waals surface area contributed by atoms with Crippen molar-refractivity contribution in [2.75, 3.05) is 0 Å². The maximum Gasteiger partial charge on any atom is 0.0241 e. The van der Waals surface area contributed by atoms with Crippen molar-refractivity contribution >= 4 is 0 Å². The van der Waals surface area contributed by atoms with E-state index in [1.807, 2.05) is 0 Å². The SMILES string of the molecule is CCCCCC1CCC2C1(C)CC[C@H]1C2(N)C[C@H](CC)C2(N)CCCCC12C. The average Bonchev–Trinajstić information content (AvgIpc) is 3.00. The molecule has 0 aliphatic heterocycles. The molecule has 0 saturated heterocycles. The molecule has 0 aromatic carbocycles. The van der Waals surface area contributed by atoms with E-state index in [2.05, 4.69) is 27.7 Å². The summed E-state index contributed by atoms with van der Waals surface area (Å²) in [5, 5.41) is 0. The summed E-state index contributed by atoms with van der Waals surface area (Å²) in [6.45, 7) is 9.91. The maximum atomic E-state index is 7.61. The Morgan fingerprint density at radius 2 is 1.57 bits per heavy atom. The van der Waals surface area contributed by atoms with E-state index < -0.39 is 0 Å². The molecule has 0 amide bonds. The summed E-state index contributed by atoms with van der Waals surface area (Å²) in [5.74, 6) is 2.89. The van der Waals surface area contributed by atoms with Crippen LogP contribution in [0, 0.1) is 34.5 Å². The van der Waals surface area contributed by atoms with Gasteiger partial charge in [-0.25, -0.2) is 0 Å². The van der Waals surface area contributed by atoms with Crippen molar-refractivity contribution in [1.82, 2.24) is 0 Å². The van der Waals surface area contributed by atoms with E-state index in [1.165, 1.54) is 89.9 Å². The van der Waals surface area contributed by atoms with Gasteiger partial charge in [0.1, 0.15) is 0 Å². The van der Waals surface area contributed by atoms with E-state index in [-0.39, 0.29) is 16.5 Å². The molecule has 2 nitrogen and oxygen atoms in total. The maximum absolute atomic E-state index is 7.61. The standard InChI is InChI=1S/C26H48N2/c1-5-7-8-11-20-12-13-21-23(20,3)17-14-22-24(4)15-9-10-16-26(24,28)19(6-2)18-25(21,22)27/h19-22H,5-18,27-28H2,1-4H3/t19-,20?,21?,22+,23?,24?,25?,26?/m0/s1. The van der Waals surface area contributed by atoms with Crippen molar-refractivity contribution < 1.29 is 0 Å². The molecule has 4 N–H and O–H groups in total. The summed E-state index contributed by atoms with van der Waals surface area (Å²) in [4.78, 5) is 0. The molecule has 4 aliphatic rings. The third-order valence-corrected chi connectivity index (χ3v) is 11.1. The molecule has 0 aromatic rings. The van der Waals surface area contributed by atoms with Gasteiger partial charge in [0, 0.05) is 11.1 Å². The zero-order chi connectivity index (χ0) is 20.2. The van der Waals surface area contributed by atoms with E-state index in [4.69, 9.17) is 11.5 Å². The van der Waals surface area contributed by atoms with Gasteiger partial charge in [-0.3, -0.25) is 0 Å². The highest BCUT2D eigenvalue weighted by Crippen LogP contribution is 2.70. The minimum atomic E-state index is 0.0282. The molecule has 4 aliphatic carbocycles. The Hall–Kier alpha value is -0.0800. The van der Waals surface area contributed by atoms with E-state index in [0.717, 1.165) is 11.8 Å². The fraction of sp³-hybridized carbons (Fsp3) is 1.00. The molecule has 0 heterocycles. The summed E-state index contributed by atoms with van der Waals surface area (Å²) in [6.07, 6.45) is 18.8. The van der Waals surface area contributed by atoms with E-state index in [9.17, 15) is 0 Å². The Morgan fingerprint density at radius 1 is 0.821 bits per heavy atom. The van der Waals surface area contributed by atoms with Gasteiger partial charge >= 0.3 is 0 Å². The van der Waals surface area contributed by atoms with Gasteiger partial charge in [-0.1, -0.05) is 66.2 Å². The Balaban J connectivity index is 1.66. The van der Waals surface area contributed by atoms with Crippen molar-refractivity contribution in [3.8, 4) is 0 Å². The molecule has 4 rings (SSSR count). The summed E-state index contributed by atoms with van der Waals surface area (Å²) in [6, 6.07) is 0. The highest BCUT2D eigenvalue weighted by Gasteiger charge is 2.69. The quantitative estimate of drug-likeness (QED) is 0.534. The Kier molecular flexibility index (Phi) is 5.49. The first-order chi connectivity index (χ1) is 13.3. The molecule has 0 spiro atoms. The molecule has 4 saturated carbocycles. The van der Waals surface area contributed by atoms with Gasteiger partial charge in [-0.15, -0.1) is 0 Å². The van der Waals surface area contributed by atoms with Gasteiger partial charge < -0.3 is 11.5 Å². The van der Waals surface area contributed by atoms with Crippen LogP contribution in [0.5, 0.6) is 0 Å². The lowest BCUT2D eigenvalue weighted by atomic mass is 9.38. The fourth-order valence-electron chi connectivity index (χ4n) is 9.57. The Bertz CT molecular complexity index is 575. The molecule has 0 radical (unpaired) electrons. The molecule has 2 heteroatoms. The minimum absolute atomic E-state index is 0.0282. The molecular formula is C26H48N2. The van der Waals surface area contributed by atoms with Crippen LogP contribution in [-0.2, 0) is 0 Å². The molecule has 162 valence electrons. The molecular weight excluding hydrogens is 340 g/mol. The number of nitrogens with two attached hydrogens (primary N) is 2. The second-order valence-corrected chi connectivity index (χ2v) is 12.0. The lowest BCUT2D eigenvalue weighted by molar-refractivity contribution is -0.160. The van der Waals surface area contributed by atoms with Crippen LogP contribution < -0.4 is 11.5 Å². The molecule has 0 bridgehead atoms. The van der Waals surface area contributed by atoms with E-state index >= 15 is 0 Å². The highest BCUT2D eigenvalue weighted by molar-refractivity contribution is 5.24. The van der Waals surface area contributed by atoms with E-state index in [0.29, 0.717) is 17.3 Å². The van der Waals surface area contributed by atoms with Gasteiger partial charge in [0.05, 0.1) is 0 Å². The zero-order valence-electron chi connectivity index (χ0n) is 19.4. The first kappa shape index (κ1) is 21.2. The topological polar surface area (TPSA) is 52.0 Å². The number of hydrogen-bond donors (Lipinski definition) is 2. The second-order valence-electron chi connectivity index (χ2n) is 12.0. The molecule has 8 atom stereocenters. The predicted molar refractivity (Wildman–Crippen MR) is 120 cm³/mol. The van der Waals surface area contributed by atoms with Crippen molar-refractivity contribution in [3.05, 3.63) is 0 Å². The molecule has 4 fully saturated rings. The van der Waals surface area contributed by atoms with Crippen molar-refractivity contribution in [3.63, 3.8) is 0 Å². The van der Waals surface area contributed by atoms with Gasteiger partial charge in [0.25, 0.3) is 0 Å². The van der Waals surface area contributed by atoms with Gasteiger partial charge in [-0.2, -0.15) is 0 Å². The van der Waals surface area contributed by atoms with E-state index in [1.54, 1.807) is 0 Å².